The molecule has 1 aromatic rings. The van der Waals surface area contributed by atoms with Gasteiger partial charge >= 0.3 is 5.97 Å². The van der Waals surface area contributed by atoms with Crippen molar-refractivity contribution in [3.63, 3.8) is 0 Å². The number of anilines is 1. The second-order valence-electron chi connectivity index (χ2n) is 5.54. The van der Waals surface area contributed by atoms with Crippen molar-refractivity contribution < 1.29 is 14.6 Å². The van der Waals surface area contributed by atoms with Gasteiger partial charge in [0, 0.05) is 25.4 Å². The molecule has 1 N–H and O–H groups in total. The number of rotatable bonds is 8. The molecule has 118 valence electrons. The van der Waals surface area contributed by atoms with Gasteiger partial charge in [-0.15, -0.1) is 0 Å². The van der Waals surface area contributed by atoms with Crippen molar-refractivity contribution in [3.05, 3.63) is 23.4 Å². The van der Waals surface area contributed by atoms with E-state index in [9.17, 15) is 9.90 Å². The van der Waals surface area contributed by atoms with E-state index in [0.717, 1.165) is 12.1 Å². The molecule has 21 heavy (non-hydrogen) atoms. The van der Waals surface area contributed by atoms with Crippen molar-refractivity contribution in [2.45, 2.75) is 46.1 Å². The average Bonchev–Trinajstić information content (AvgIpc) is 2.46. The SMILES string of the molecule is CCC(C)N(CCOC)c1cc(C(=O)O)cc(C(C)C)n1. The van der Waals surface area contributed by atoms with Crippen LogP contribution in [0.3, 0.4) is 0 Å². The van der Waals surface area contributed by atoms with Gasteiger partial charge in [-0.05, 0) is 31.4 Å². The highest BCUT2D eigenvalue weighted by Crippen LogP contribution is 2.22. The van der Waals surface area contributed by atoms with E-state index in [-0.39, 0.29) is 17.5 Å². The predicted octanol–water partition coefficient (Wildman–Crippen LogP) is 3.15. The standard InChI is InChI=1S/C16H26N2O3/c1-6-12(4)18(7-8-21-5)15-10-13(16(19)20)9-14(17-15)11(2)3/h9-12H,6-8H2,1-5H3,(H,19,20). The zero-order chi connectivity index (χ0) is 16.0. The molecule has 0 bridgehead atoms. The predicted molar refractivity (Wildman–Crippen MR) is 84.3 cm³/mol. The number of hydrogen-bond donors (Lipinski definition) is 1. The molecule has 0 aliphatic heterocycles. The second-order valence-corrected chi connectivity index (χ2v) is 5.54. The molecule has 0 spiro atoms. The van der Waals surface area contributed by atoms with Crippen LogP contribution in [-0.2, 0) is 4.74 Å². The smallest absolute Gasteiger partial charge is 0.335 e. The summed E-state index contributed by atoms with van der Waals surface area (Å²) in [6.45, 7) is 9.52. The zero-order valence-electron chi connectivity index (χ0n) is 13.6. The number of carboxylic acids is 1. The van der Waals surface area contributed by atoms with Crippen molar-refractivity contribution in [1.29, 1.82) is 0 Å². The lowest BCUT2D eigenvalue weighted by Gasteiger charge is -2.30. The van der Waals surface area contributed by atoms with Gasteiger partial charge in [0.2, 0.25) is 0 Å². The van der Waals surface area contributed by atoms with E-state index in [0.29, 0.717) is 19.0 Å². The Hall–Kier alpha value is -1.62. The molecule has 1 rings (SSSR count). The Morgan fingerprint density at radius 1 is 1.38 bits per heavy atom. The first-order valence-electron chi connectivity index (χ1n) is 7.41. The second kappa shape index (κ2) is 7.98. The quantitative estimate of drug-likeness (QED) is 0.798. The molecular weight excluding hydrogens is 268 g/mol. The largest absolute Gasteiger partial charge is 0.478 e. The van der Waals surface area contributed by atoms with Crippen molar-refractivity contribution in [3.8, 4) is 0 Å². The molecule has 1 aromatic heterocycles. The molecule has 5 nitrogen and oxygen atoms in total. The van der Waals surface area contributed by atoms with Crippen LogP contribution in [0.5, 0.6) is 0 Å². The van der Waals surface area contributed by atoms with E-state index >= 15 is 0 Å². The summed E-state index contributed by atoms with van der Waals surface area (Å²) < 4.78 is 5.16. The highest BCUT2D eigenvalue weighted by molar-refractivity contribution is 5.88. The highest BCUT2D eigenvalue weighted by Gasteiger charge is 2.18. The first kappa shape index (κ1) is 17.4. The lowest BCUT2D eigenvalue weighted by Crippen LogP contribution is -2.36. The highest BCUT2D eigenvalue weighted by atomic mass is 16.5. The maximum absolute atomic E-state index is 11.3. The number of aromatic nitrogens is 1. The molecule has 0 aliphatic carbocycles. The van der Waals surface area contributed by atoms with Gasteiger partial charge < -0.3 is 14.7 Å². The molecule has 0 aliphatic rings. The summed E-state index contributed by atoms with van der Waals surface area (Å²) in [5.41, 5.74) is 1.09. The Balaban J connectivity index is 3.24. The molecule has 1 unspecified atom stereocenters. The van der Waals surface area contributed by atoms with Gasteiger partial charge in [0.05, 0.1) is 12.2 Å². The Morgan fingerprint density at radius 2 is 2.05 bits per heavy atom. The number of pyridine rings is 1. The summed E-state index contributed by atoms with van der Waals surface area (Å²) in [6.07, 6.45) is 0.958. The lowest BCUT2D eigenvalue weighted by atomic mass is 10.1. The number of carboxylic acid groups (broad SMARTS) is 1. The number of nitrogens with zero attached hydrogens (tertiary/aromatic N) is 2. The van der Waals surface area contributed by atoms with Crippen LogP contribution in [-0.4, -0.2) is 42.4 Å². The van der Waals surface area contributed by atoms with Gasteiger partial charge in [-0.1, -0.05) is 20.8 Å². The molecule has 0 amide bonds. The summed E-state index contributed by atoms with van der Waals surface area (Å²) in [5.74, 6) is -0.0225. The summed E-state index contributed by atoms with van der Waals surface area (Å²) >= 11 is 0. The maximum Gasteiger partial charge on any atom is 0.335 e. The van der Waals surface area contributed by atoms with Crippen LogP contribution < -0.4 is 4.90 Å². The van der Waals surface area contributed by atoms with Gasteiger partial charge in [0.1, 0.15) is 5.82 Å². The minimum atomic E-state index is -0.920. The normalized spacial score (nSPS) is 12.5. The zero-order valence-corrected chi connectivity index (χ0v) is 13.6. The molecule has 0 radical (unpaired) electrons. The van der Waals surface area contributed by atoms with E-state index in [2.05, 4.69) is 23.7 Å². The Morgan fingerprint density at radius 3 is 2.52 bits per heavy atom. The van der Waals surface area contributed by atoms with Gasteiger partial charge in [0.15, 0.2) is 0 Å². The fraction of sp³-hybridized carbons (Fsp3) is 0.625. The van der Waals surface area contributed by atoms with Crippen LogP contribution in [0.25, 0.3) is 0 Å². The lowest BCUT2D eigenvalue weighted by molar-refractivity contribution is 0.0696. The Labute approximate surface area is 126 Å². The van der Waals surface area contributed by atoms with Crippen LogP contribution in [0.2, 0.25) is 0 Å². The third-order valence-electron chi connectivity index (χ3n) is 3.62. The molecule has 1 atom stereocenters. The van der Waals surface area contributed by atoms with Crippen LogP contribution in [0.15, 0.2) is 12.1 Å². The summed E-state index contributed by atoms with van der Waals surface area (Å²) in [6, 6.07) is 3.58. The maximum atomic E-state index is 11.3. The first-order chi connectivity index (χ1) is 9.90. The monoisotopic (exact) mass is 294 g/mol. The number of aromatic carboxylic acids is 1. The molecule has 0 saturated heterocycles. The molecule has 1 heterocycles. The Kier molecular flexibility index (Phi) is 6.62. The molecule has 5 heteroatoms. The molecular formula is C16H26N2O3. The summed E-state index contributed by atoms with van der Waals surface area (Å²) in [7, 11) is 1.66. The van der Waals surface area contributed by atoms with E-state index < -0.39 is 5.97 Å². The minimum Gasteiger partial charge on any atom is -0.478 e. The van der Waals surface area contributed by atoms with Crippen molar-refractivity contribution in [2.75, 3.05) is 25.2 Å². The summed E-state index contributed by atoms with van der Waals surface area (Å²) in [5, 5.41) is 9.30. The van der Waals surface area contributed by atoms with Crippen LogP contribution in [0.4, 0.5) is 5.82 Å². The average molecular weight is 294 g/mol. The fourth-order valence-corrected chi connectivity index (χ4v) is 2.07. The van der Waals surface area contributed by atoms with Crippen LogP contribution in [0.1, 0.15) is 56.1 Å². The summed E-state index contributed by atoms with van der Waals surface area (Å²) in [4.78, 5) is 18.1. The topological polar surface area (TPSA) is 62.7 Å². The van der Waals surface area contributed by atoms with Gasteiger partial charge in [-0.3, -0.25) is 0 Å². The van der Waals surface area contributed by atoms with Gasteiger partial charge in [0.25, 0.3) is 0 Å². The van der Waals surface area contributed by atoms with E-state index in [4.69, 9.17) is 4.74 Å². The number of hydrogen-bond acceptors (Lipinski definition) is 4. The third-order valence-corrected chi connectivity index (χ3v) is 3.62. The fourth-order valence-electron chi connectivity index (χ4n) is 2.07. The number of ether oxygens (including phenoxy) is 1. The molecule has 0 fully saturated rings. The number of carbonyl (C=O) groups is 1. The van der Waals surface area contributed by atoms with Gasteiger partial charge in [-0.2, -0.15) is 0 Å². The first-order valence-corrected chi connectivity index (χ1v) is 7.41. The minimum absolute atomic E-state index is 0.184. The van der Waals surface area contributed by atoms with Gasteiger partial charge in [-0.25, -0.2) is 9.78 Å². The van der Waals surface area contributed by atoms with Crippen molar-refractivity contribution in [1.82, 2.24) is 4.98 Å². The Bertz CT molecular complexity index is 475. The third kappa shape index (κ3) is 4.70. The number of methoxy groups -OCH3 is 1. The molecule has 0 aromatic carbocycles. The van der Waals surface area contributed by atoms with E-state index in [1.807, 2.05) is 13.8 Å². The van der Waals surface area contributed by atoms with Crippen LogP contribution >= 0.6 is 0 Å². The van der Waals surface area contributed by atoms with Crippen molar-refractivity contribution >= 4 is 11.8 Å². The van der Waals surface area contributed by atoms with Crippen LogP contribution in [0, 0.1) is 0 Å². The molecule has 0 saturated carbocycles. The van der Waals surface area contributed by atoms with E-state index in [1.165, 1.54) is 0 Å². The van der Waals surface area contributed by atoms with Crippen molar-refractivity contribution in [2.24, 2.45) is 0 Å². The van der Waals surface area contributed by atoms with E-state index in [1.54, 1.807) is 19.2 Å².